The van der Waals surface area contributed by atoms with E-state index in [1.807, 2.05) is 48.5 Å². The molecule has 31 heavy (non-hydrogen) atoms. The van der Waals surface area contributed by atoms with E-state index in [0.29, 0.717) is 27.8 Å². The van der Waals surface area contributed by atoms with Crippen molar-refractivity contribution in [3.8, 4) is 17.0 Å². The number of hydrogen-bond donors (Lipinski definition) is 1. The van der Waals surface area contributed by atoms with E-state index in [1.54, 1.807) is 6.07 Å². The number of benzene rings is 3. The largest absolute Gasteiger partial charge is 0.494 e. The van der Waals surface area contributed by atoms with Crippen LogP contribution in [0.15, 0.2) is 77.3 Å². The van der Waals surface area contributed by atoms with E-state index in [4.69, 9.17) is 9.72 Å². The normalized spacial score (nSPS) is 10.6. The van der Waals surface area contributed by atoms with Crippen LogP contribution in [0.4, 0.5) is 11.4 Å². The molecule has 0 radical (unpaired) electrons. The first kappa shape index (κ1) is 20.5. The van der Waals surface area contributed by atoms with Crippen molar-refractivity contribution < 1.29 is 14.5 Å². The van der Waals surface area contributed by atoms with Gasteiger partial charge in [-0.25, -0.2) is 4.98 Å². The highest BCUT2D eigenvalue weighted by molar-refractivity contribution is 9.10. The third kappa shape index (κ3) is 4.24. The van der Waals surface area contributed by atoms with E-state index in [9.17, 15) is 14.9 Å². The fourth-order valence-corrected chi connectivity index (χ4v) is 3.48. The van der Waals surface area contributed by atoms with Crippen molar-refractivity contribution in [2.24, 2.45) is 0 Å². The summed E-state index contributed by atoms with van der Waals surface area (Å²) in [6.07, 6.45) is 0. The Morgan fingerprint density at radius 3 is 2.52 bits per heavy atom. The molecule has 3 aromatic carbocycles. The van der Waals surface area contributed by atoms with E-state index in [2.05, 4.69) is 21.2 Å². The van der Waals surface area contributed by atoms with E-state index in [-0.39, 0.29) is 17.3 Å². The lowest BCUT2D eigenvalue weighted by atomic mass is 10.0. The summed E-state index contributed by atoms with van der Waals surface area (Å²) >= 11 is 3.42. The van der Waals surface area contributed by atoms with Crippen molar-refractivity contribution in [1.29, 1.82) is 0 Å². The monoisotopic (exact) mass is 477 g/mol. The second kappa shape index (κ2) is 8.53. The van der Waals surface area contributed by atoms with Gasteiger partial charge in [-0.2, -0.15) is 0 Å². The number of non-ortho nitro benzene ring substituents is 1. The maximum absolute atomic E-state index is 13.2. The van der Waals surface area contributed by atoms with Gasteiger partial charge in [-0.1, -0.05) is 46.3 Å². The average molecular weight is 478 g/mol. The van der Waals surface area contributed by atoms with Crippen LogP contribution in [0.1, 0.15) is 10.4 Å². The minimum absolute atomic E-state index is 0.123. The summed E-state index contributed by atoms with van der Waals surface area (Å²) in [6, 6.07) is 20.8. The zero-order valence-electron chi connectivity index (χ0n) is 16.3. The number of carbonyl (C=O) groups excluding carboxylic acids is 1. The number of hydrogen-bond acceptors (Lipinski definition) is 5. The Balaban J connectivity index is 1.77. The van der Waals surface area contributed by atoms with Crippen LogP contribution in [0.3, 0.4) is 0 Å². The van der Waals surface area contributed by atoms with Gasteiger partial charge in [0.25, 0.3) is 11.6 Å². The van der Waals surface area contributed by atoms with Gasteiger partial charge in [0.2, 0.25) is 0 Å². The first-order valence-corrected chi connectivity index (χ1v) is 10.0. The van der Waals surface area contributed by atoms with Gasteiger partial charge in [0, 0.05) is 21.5 Å². The highest BCUT2D eigenvalue weighted by Gasteiger charge is 2.17. The molecule has 154 valence electrons. The molecule has 4 rings (SSSR count). The molecule has 8 heteroatoms. The van der Waals surface area contributed by atoms with Crippen molar-refractivity contribution >= 4 is 44.1 Å². The van der Waals surface area contributed by atoms with Gasteiger partial charge in [0.1, 0.15) is 5.75 Å². The van der Waals surface area contributed by atoms with Crippen LogP contribution in [0.2, 0.25) is 0 Å². The Bertz CT molecular complexity index is 1310. The number of anilines is 1. The van der Waals surface area contributed by atoms with E-state index >= 15 is 0 Å². The van der Waals surface area contributed by atoms with Crippen LogP contribution in [0.25, 0.3) is 22.2 Å². The minimum atomic E-state index is -0.519. The van der Waals surface area contributed by atoms with Crippen LogP contribution >= 0.6 is 15.9 Å². The number of amides is 1. The van der Waals surface area contributed by atoms with Crippen LogP contribution in [-0.4, -0.2) is 22.9 Å². The van der Waals surface area contributed by atoms with Gasteiger partial charge >= 0.3 is 0 Å². The van der Waals surface area contributed by atoms with Crippen molar-refractivity contribution in [3.05, 3.63) is 92.9 Å². The number of para-hydroxylation sites is 1. The van der Waals surface area contributed by atoms with Gasteiger partial charge in [0.05, 0.1) is 40.6 Å². The molecule has 0 spiro atoms. The molecule has 4 aromatic rings. The molecule has 1 heterocycles. The topological polar surface area (TPSA) is 94.4 Å². The summed E-state index contributed by atoms with van der Waals surface area (Å²) in [7, 11) is 1.39. The molecule has 0 saturated carbocycles. The number of halogens is 1. The summed E-state index contributed by atoms with van der Waals surface area (Å²) in [5.74, 6) is -0.168. The Kier molecular flexibility index (Phi) is 5.64. The van der Waals surface area contributed by atoms with Crippen molar-refractivity contribution in [1.82, 2.24) is 4.98 Å². The quantitative estimate of drug-likeness (QED) is 0.288. The van der Waals surface area contributed by atoms with Crippen molar-refractivity contribution in [2.45, 2.75) is 0 Å². The van der Waals surface area contributed by atoms with Crippen LogP contribution in [0.5, 0.6) is 5.75 Å². The van der Waals surface area contributed by atoms with Crippen LogP contribution in [0, 0.1) is 10.1 Å². The molecule has 0 aliphatic carbocycles. The molecule has 1 aromatic heterocycles. The van der Waals surface area contributed by atoms with E-state index < -0.39 is 4.92 Å². The Hall–Kier alpha value is -3.78. The Morgan fingerprint density at radius 1 is 1.06 bits per heavy atom. The summed E-state index contributed by atoms with van der Waals surface area (Å²) in [5.41, 5.74) is 2.86. The average Bonchev–Trinajstić information content (AvgIpc) is 2.78. The van der Waals surface area contributed by atoms with Gasteiger partial charge in [-0.15, -0.1) is 0 Å². The van der Waals surface area contributed by atoms with Gasteiger partial charge in [-0.05, 0) is 30.3 Å². The molecule has 1 N–H and O–H groups in total. The Labute approximate surface area is 186 Å². The van der Waals surface area contributed by atoms with Crippen molar-refractivity contribution in [2.75, 3.05) is 12.4 Å². The SMILES string of the molecule is COc1cc([N+](=O)[O-])ccc1NC(=O)c1cc(-c2ccc(Br)cc2)nc2ccccc12. The van der Waals surface area contributed by atoms with Gasteiger partial charge in [0.15, 0.2) is 0 Å². The summed E-state index contributed by atoms with van der Waals surface area (Å²) in [4.78, 5) is 28.4. The molecule has 0 fully saturated rings. The maximum Gasteiger partial charge on any atom is 0.273 e. The molecule has 0 bridgehead atoms. The number of nitro benzene ring substituents is 1. The number of nitrogens with one attached hydrogen (secondary N) is 1. The summed E-state index contributed by atoms with van der Waals surface area (Å²) < 4.78 is 6.17. The third-order valence-electron chi connectivity index (χ3n) is 4.74. The second-order valence-corrected chi connectivity index (χ2v) is 7.59. The summed E-state index contributed by atoms with van der Waals surface area (Å²) in [6.45, 7) is 0. The lowest BCUT2D eigenvalue weighted by Crippen LogP contribution is -2.14. The van der Waals surface area contributed by atoms with Crippen LogP contribution in [-0.2, 0) is 0 Å². The lowest BCUT2D eigenvalue weighted by molar-refractivity contribution is -0.384. The second-order valence-electron chi connectivity index (χ2n) is 6.67. The number of nitrogens with zero attached hydrogens (tertiary/aromatic N) is 2. The Morgan fingerprint density at radius 2 is 1.81 bits per heavy atom. The smallest absolute Gasteiger partial charge is 0.273 e. The standard InChI is InChI=1S/C23H16BrN3O4/c1-31-22-12-16(27(29)30)10-11-20(22)26-23(28)18-13-21(14-6-8-15(24)9-7-14)25-19-5-3-2-4-17(18)19/h2-13H,1H3,(H,26,28). The zero-order valence-corrected chi connectivity index (χ0v) is 17.9. The maximum atomic E-state index is 13.2. The third-order valence-corrected chi connectivity index (χ3v) is 5.27. The first-order chi connectivity index (χ1) is 15.0. The van der Waals surface area contributed by atoms with Crippen LogP contribution < -0.4 is 10.1 Å². The number of pyridine rings is 1. The fourth-order valence-electron chi connectivity index (χ4n) is 3.22. The molecule has 0 saturated heterocycles. The van der Waals surface area contributed by atoms with Crippen molar-refractivity contribution in [3.63, 3.8) is 0 Å². The molecule has 7 nitrogen and oxygen atoms in total. The lowest BCUT2D eigenvalue weighted by Gasteiger charge is -2.13. The molecule has 0 atom stereocenters. The number of fused-ring (bicyclic) bond motifs is 1. The van der Waals surface area contributed by atoms with E-state index in [0.717, 1.165) is 10.0 Å². The molecule has 0 unspecified atom stereocenters. The predicted molar refractivity (Wildman–Crippen MR) is 122 cm³/mol. The number of nitro groups is 1. The van der Waals surface area contributed by atoms with Gasteiger partial charge in [-0.3, -0.25) is 14.9 Å². The molecule has 1 amide bonds. The molecule has 0 aliphatic heterocycles. The van der Waals surface area contributed by atoms with E-state index in [1.165, 1.54) is 25.3 Å². The summed E-state index contributed by atoms with van der Waals surface area (Å²) in [5, 5.41) is 14.5. The fraction of sp³-hybridized carbons (Fsp3) is 0.0435. The van der Waals surface area contributed by atoms with Gasteiger partial charge < -0.3 is 10.1 Å². The zero-order chi connectivity index (χ0) is 22.0. The number of rotatable bonds is 5. The minimum Gasteiger partial charge on any atom is -0.494 e. The highest BCUT2D eigenvalue weighted by Crippen LogP contribution is 2.31. The first-order valence-electron chi connectivity index (χ1n) is 9.26. The number of methoxy groups -OCH3 is 1. The molecular formula is C23H16BrN3O4. The number of carbonyl (C=O) groups is 1. The number of aromatic nitrogens is 1. The predicted octanol–water partition coefficient (Wildman–Crippen LogP) is 5.83. The number of ether oxygens (including phenoxy) is 1. The molecule has 0 aliphatic rings. The highest BCUT2D eigenvalue weighted by atomic mass is 79.9. The molecular weight excluding hydrogens is 462 g/mol.